The second kappa shape index (κ2) is 12.1. The Labute approximate surface area is 193 Å². The first-order valence-electron chi connectivity index (χ1n) is 9.97. The van der Waals surface area contributed by atoms with E-state index < -0.39 is 15.6 Å². The number of aliphatic imine (C=N–C) groups is 1. The van der Waals surface area contributed by atoms with Crippen molar-refractivity contribution in [3.63, 3.8) is 0 Å². The molecule has 0 radical (unpaired) electrons. The molecule has 1 atom stereocenters. The normalized spacial score (nSPS) is 18.3. The summed E-state index contributed by atoms with van der Waals surface area (Å²) in [5.41, 5.74) is 0.700. The molecule has 1 aromatic rings. The monoisotopic (exact) mass is 537 g/mol. The van der Waals surface area contributed by atoms with Crippen LogP contribution in [0, 0.1) is 0 Å². The van der Waals surface area contributed by atoms with Gasteiger partial charge in [-0.25, -0.2) is 13.1 Å². The largest absolute Gasteiger partial charge is 0.357 e. The van der Waals surface area contributed by atoms with Gasteiger partial charge in [0.15, 0.2) is 5.96 Å². The van der Waals surface area contributed by atoms with Gasteiger partial charge >= 0.3 is 0 Å². The molecule has 1 heterocycles. The molecule has 3 N–H and O–H groups in total. The van der Waals surface area contributed by atoms with Gasteiger partial charge < -0.3 is 10.6 Å². The van der Waals surface area contributed by atoms with Crippen molar-refractivity contribution in [2.24, 2.45) is 4.99 Å². The lowest BCUT2D eigenvalue weighted by molar-refractivity contribution is 0.245. The summed E-state index contributed by atoms with van der Waals surface area (Å²) >= 11 is 0. The second-order valence-corrected chi connectivity index (χ2v) is 9.83. The third kappa shape index (κ3) is 10.1. The summed E-state index contributed by atoms with van der Waals surface area (Å²) in [5, 5.41) is 6.68. The molecule has 29 heavy (non-hydrogen) atoms. The van der Waals surface area contributed by atoms with E-state index in [-0.39, 0.29) is 24.0 Å². The number of nitrogens with zero attached hydrogens (tertiary/aromatic N) is 2. The van der Waals surface area contributed by atoms with Crippen molar-refractivity contribution in [3.05, 3.63) is 35.9 Å². The van der Waals surface area contributed by atoms with E-state index in [1.807, 2.05) is 26.8 Å². The molecule has 1 fully saturated rings. The quantitative estimate of drug-likeness (QED) is 0.256. The van der Waals surface area contributed by atoms with Gasteiger partial charge in [0.25, 0.3) is 0 Å². The van der Waals surface area contributed by atoms with E-state index in [0.717, 1.165) is 32.1 Å². The van der Waals surface area contributed by atoms with E-state index in [9.17, 15) is 8.42 Å². The molecule has 166 valence electrons. The minimum absolute atomic E-state index is 0. The van der Waals surface area contributed by atoms with E-state index >= 15 is 0 Å². The zero-order valence-electron chi connectivity index (χ0n) is 17.9. The first-order valence-corrected chi connectivity index (χ1v) is 11.9. The first kappa shape index (κ1) is 26.1. The maximum absolute atomic E-state index is 11.5. The maximum Gasteiger partial charge on any atom is 0.209 e. The van der Waals surface area contributed by atoms with Crippen LogP contribution in [-0.4, -0.2) is 63.3 Å². The molecule has 1 aromatic carbocycles. The molecule has 0 spiro atoms. The van der Waals surface area contributed by atoms with Crippen LogP contribution in [0.15, 0.2) is 35.3 Å². The summed E-state index contributed by atoms with van der Waals surface area (Å²) < 4.78 is 25.6. The lowest BCUT2D eigenvalue weighted by atomic mass is 10.1. The summed E-state index contributed by atoms with van der Waals surface area (Å²) in [6.07, 6.45) is 3.54. The summed E-state index contributed by atoms with van der Waals surface area (Å²) in [6.45, 7) is 9.69. The molecule has 1 unspecified atom stereocenters. The number of guanidine groups is 1. The van der Waals surface area contributed by atoms with E-state index in [4.69, 9.17) is 0 Å². The Hall–Kier alpha value is -0.910. The topological polar surface area (TPSA) is 85.8 Å². The number of nitrogens with one attached hydrogen (secondary N) is 3. The second-order valence-electron chi connectivity index (χ2n) is 8.09. The molecule has 0 bridgehead atoms. The smallest absolute Gasteiger partial charge is 0.209 e. The fourth-order valence-corrected chi connectivity index (χ4v) is 4.59. The van der Waals surface area contributed by atoms with Crippen molar-refractivity contribution in [3.8, 4) is 0 Å². The van der Waals surface area contributed by atoms with E-state index in [1.54, 1.807) is 0 Å². The Morgan fingerprint density at radius 1 is 1.24 bits per heavy atom. The zero-order chi connectivity index (χ0) is 20.6. The van der Waals surface area contributed by atoms with Crippen LogP contribution in [0.25, 0.3) is 0 Å². The van der Waals surface area contributed by atoms with Crippen molar-refractivity contribution >= 4 is 40.0 Å². The highest BCUT2D eigenvalue weighted by Gasteiger charge is 2.25. The van der Waals surface area contributed by atoms with E-state index in [0.29, 0.717) is 12.6 Å². The van der Waals surface area contributed by atoms with Gasteiger partial charge in [0.1, 0.15) is 0 Å². The van der Waals surface area contributed by atoms with Crippen LogP contribution in [0.5, 0.6) is 0 Å². The molecule has 1 aliphatic heterocycles. The summed E-state index contributed by atoms with van der Waals surface area (Å²) in [7, 11) is -3.27. The first-order chi connectivity index (χ1) is 13.2. The summed E-state index contributed by atoms with van der Waals surface area (Å²) in [6, 6.07) is 11.0. The van der Waals surface area contributed by atoms with Crippen LogP contribution in [-0.2, 0) is 16.6 Å². The minimum atomic E-state index is -3.27. The molecule has 0 aliphatic carbocycles. The molecular weight excluding hydrogens is 501 g/mol. The molecule has 0 amide bonds. The van der Waals surface area contributed by atoms with Crippen LogP contribution < -0.4 is 15.4 Å². The maximum atomic E-state index is 11.5. The van der Waals surface area contributed by atoms with Crippen molar-refractivity contribution in [2.75, 3.05) is 32.4 Å². The molecule has 0 aromatic heterocycles. The highest BCUT2D eigenvalue weighted by Crippen LogP contribution is 2.19. The Morgan fingerprint density at radius 2 is 1.93 bits per heavy atom. The van der Waals surface area contributed by atoms with Gasteiger partial charge in [-0.3, -0.25) is 9.89 Å². The number of hydrogen-bond donors (Lipinski definition) is 3. The third-order valence-corrected chi connectivity index (χ3v) is 5.59. The van der Waals surface area contributed by atoms with Crippen LogP contribution in [0.4, 0.5) is 0 Å². The van der Waals surface area contributed by atoms with Gasteiger partial charge in [-0.15, -0.1) is 24.0 Å². The number of benzene rings is 1. The van der Waals surface area contributed by atoms with Gasteiger partial charge in [-0.05, 0) is 45.7 Å². The van der Waals surface area contributed by atoms with Crippen LogP contribution in [0.2, 0.25) is 0 Å². The van der Waals surface area contributed by atoms with Crippen molar-refractivity contribution < 1.29 is 8.42 Å². The van der Waals surface area contributed by atoms with E-state index in [1.165, 1.54) is 24.7 Å². The molecular formula is C20H36IN5O2S. The van der Waals surface area contributed by atoms with Crippen molar-refractivity contribution in [2.45, 2.75) is 51.7 Å². The molecule has 2 rings (SSSR count). The predicted molar refractivity (Wildman–Crippen MR) is 131 cm³/mol. The minimum Gasteiger partial charge on any atom is -0.357 e. The fourth-order valence-electron chi connectivity index (χ4n) is 3.52. The van der Waals surface area contributed by atoms with Crippen LogP contribution in [0.3, 0.4) is 0 Å². The Balaban J connectivity index is 0.00000420. The average molecular weight is 538 g/mol. The molecule has 7 nitrogen and oxygen atoms in total. The number of halogens is 1. The Bertz CT molecular complexity index is 740. The SMILES string of the molecule is CCNC(=NCC(C)(C)NS(C)(=O)=O)NCC1CCCN1Cc1ccccc1.I. The summed E-state index contributed by atoms with van der Waals surface area (Å²) in [5.74, 6) is 0.720. The fraction of sp³-hybridized carbons (Fsp3) is 0.650. The van der Waals surface area contributed by atoms with Gasteiger partial charge in [-0.2, -0.15) is 0 Å². The zero-order valence-corrected chi connectivity index (χ0v) is 21.1. The average Bonchev–Trinajstić information content (AvgIpc) is 3.03. The van der Waals surface area contributed by atoms with Gasteiger partial charge in [0, 0.05) is 31.2 Å². The molecule has 1 aliphatic rings. The summed E-state index contributed by atoms with van der Waals surface area (Å²) in [4.78, 5) is 7.10. The van der Waals surface area contributed by atoms with Gasteiger partial charge in [0.2, 0.25) is 10.0 Å². The lowest BCUT2D eigenvalue weighted by Crippen LogP contribution is -2.48. The number of rotatable bonds is 9. The molecule has 9 heteroatoms. The third-order valence-electron chi connectivity index (χ3n) is 4.67. The molecule has 1 saturated heterocycles. The van der Waals surface area contributed by atoms with Crippen molar-refractivity contribution in [1.29, 1.82) is 0 Å². The number of hydrogen-bond acceptors (Lipinski definition) is 4. The van der Waals surface area contributed by atoms with Gasteiger partial charge in [-0.1, -0.05) is 30.3 Å². The lowest BCUT2D eigenvalue weighted by Gasteiger charge is -2.26. The van der Waals surface area contributed by atoms with Crippen LogP contribution >= 0.6 is 24.0 Å². The highest BCUT2D eigenvalue weighted by molar-refractivity contribution is 14.0. The highest BCUT2D eigenvalue weighted by atomic mass is 127. The number of sulfonamides is 1. The van der Waals surface area contributed by atoms with Crippen LogP contribution in [0.1, 0.15) is 39.2 Å². The van der Waals surface area contributed by atoms with Crippen molar-refractivity contribution in [1.82, 2.24) is 20.3 Å². The predicted octanol–water partition coefficient (Wildman–Crippen LogP) is 2.15. The van der Waals surface area contributed by atoms with Gasteiger partial charge in [0.05, 0.1) is 12.8 Å². The Kier molecular flexibility index (Phi) is 10.9. The molecule has 0 saturated carbocycles. The Morgan fingerprint density at radius 3 is 2.55 bits per heavy atom. The van der Waals surface area contributed by atoms with E-state index in [2.05, 4.69) is 49.5 Å². The number of likely N-dealkylation sites (tertiary alicyclic amines) is 1. The standard InChI is InChI=1S/C20H35N5O2S.HI/c1-5-21-19(23-16-20(2,3)24-28(4,26)27)22-14-18-12-9-13-25(18)15-17-10-7-6-8-11-17;/h6-8,10-11,18,24H,5,9,12-16H2,1-4H3,(H2,21,22,23);1H.